The fraction of sp³-hybridized carbons (Fsp3) is 1.00. The zero-order valence-corrected chi connectivity index (χ0v) is 10.4. The lowest BCUT2D eigenvalue weighted by Gasteiger charge is -2.30. The Balaban J connectivity index is 2.48. The van der Waals surface area contributed by atoms with Gasteiger partial charge in [-0.2, -0.15) is 0 Å². The van der Waals surface area contributed by atoms with Gasteiger partial charge in [0.2, 0.25) is 0 Å². The summed E-state index contributed by atoms with van der Waals surface area (Å²) >= 11 is 0. The lowest BCUT2D eigenvalue weighted by atomic mass is 9.85. The van der Waals surface area contributed by atoms with Crippen molar-refractivity contribution in [1.82, 2.24) is 4.90 Å². The largest absolute Gasteiger partial charge is 0.327 e. The molecular formula is C12H26N2. The van der Waals surface area contributed by atoms with Crippen LogP contribution in [0.5, 0.6) is 0 Å². The van der Waals surface area contributed by atoms with Crippen LogP contribution in [-0.4, -0.2) is 30.6 Å². The van der Waals surface area contributed by atoms with E-state index in [1.807, 2.05) is 0 Å². The molecule has 2 N–H and O–H groups in total. The molecule has 0 heterocycles. The second-order valence-electron chi connectivity index (χ2n) is 5.85. The van der Waals surface area contributed by atoms with Gasteiger partial charge in [0.05, 0.1) is 0 Å². The molecule has 0 saturated heterocycles. The topological polar surface area (TPSA) is 29.3 Å². The number of hydrogen-bond acceptors (Lipinski definition) is 2. The van der Waals surface area contributed by atoms with Crippen molar-refractivity contribution in [2.45, 2.75) is 52.6 Å². The van der Waals surface area contributed by atoms with Crippen LogP contribution in [0.3, 0.4) is 0 Å². The van der Waals surface area contributed by atoms with Gasteiger partial charge in [-0.05, 0) is 45.1 Å². The zero-order valence-electron chi connectivity index (χ0n) is 10.4. The molecule has 2 heteroatoms. The van der Waals surface area contributed by atoms with E-state index in [-0.39, 0.29) is 0 Å². The molecule has 1 fully saturated rings. The van der Waals surface area contributed by atoms with Crippen LogP contribution >= 0.6 is 0 Å². The average Bonchev–Trinajstić information content (AvgIpc) is 2.32. The minimum Gasteiger partial charge on any atom is -0.327 e. The van der Waals surface area contributed by atoms with Gasteiger partial charge < -0.3 is 10.6 Å². The summed E-state index contributed by atoms with van der Waals surface area (Å²) in [6, 6.07) is 1.01. The quantitative estimate of drug-likeness (QED) is 0.752. The summed E-state index contributed by atoms with van der Waals surface area (Å²) in [5.74, 6) is 0.692. The third-order valence-corrected chi connectivity index (χ3v) is 3.97. The summed E-state index contributed by atoms with van der Waals surface area (Å²) in [5.41, 5.74) is 6.63. The Hall–Kier alpha value is -0.0800. The van der Waals surface area contributed by atoms with Gasteiger partial charge in [-0.15, -0.1) is 0 Å². The van der Waals surface area contributed by atoms with Gasteiger partial charge >= 0.3 is 0 Å². The van der Waals surface area contributed by atoms with E-state index in [1.165, 1.54) is 12.8 Å². The molecule has 1 aliphatic rings. The monoisotopic (exact) mass is 198 g/mol. The molecular weight excluding hydrogens is 172 g/mol. The van der Waals surface area contributed by atoms with Gasteiger partial charge in [-0.25, -0.2) is 0 Å². The minimum atomic E-state index is 0.350. The highest BCUT2D eigenvalue weighted by atomic mass is 15.1. The Morgan fingerprint density at radius 2 is 2.00 bits per heavy atom. The Morgan fingerprint density at radius 1 is 1.43 bits per heavy atom. The van der Waals surface area contributed by atoms with Crippen LogP contribution in [0.2, 0.25) is 0 Å². The smallest absolute Gasteiger partial charge is 0.0131 e. The molecule has 0 aromatic rings. The molecule has 2 nitrogen and oxygen atoms in total. The van der Waals surface area contributed by atoms with Crippen molar-refractivity contribution >= 4 is 0 Å². The summed E-state index contributed by atoms with van der Waals surface area (Å²) in [7, 11) is 2.20. The number of nitrogens with two attached hydrogens (primary N) is 1. The summed E-state index contributed by atoms with van der Waals surface area (Å²) in [4.78, 5) is 2.41. The van der Waals surface area contributed by atoms with Crippen molar-refractivity contribution in [2.75, 3.05) is 13.6 Å². The van der Waals surface area contributed by atoms with E-state index in [2.05, 4.69) is 39.6 Å². The molecule has 0 amide bonds. The standard InChI is InChI=1S/C12H26N2/c1-9(2)14(5)8-10-6-7-12(3,4)11(10)13/h9-11H,6-8,13H2,1-5H3. The van der Waals surface area contributed by atoms with E-state index in [1.54, 1.807) is 0 Å². The Labute approximate surface area is 88.8 Å². The molecule has 0 aromatic heterocycles. The first-order valence-corrected chi connectivity index (χ1v) is 5.80. The van der Waals surface area contributed by atoms with E-state index in [0.29, 0.717) is 23.4 Å². The van der Waals surface area contributed by atoms with Crippen LogP contribution < -0.4 is 5.73 Å². The van der Waals surface area contributed by atoms with Gasteiger partial charge in [0.25, 0.3) is 0 Å². The summed E-state index contributed by atoms with van der Waals surface area (Å²) in [6.45, 7) is 10.2. The minimum absolute atomic E-state index is 0.350. The normalized spacial score (nSPS) is 31.7. The predicted molar refractivity (Wildman–Crippen MR) is 62.2 cm³/mol. The highest BCUT2D eigenvalue weighted by Crippen LogP contribution is 2.40. The van der Waals surface area contributed by atoms with Crippen LogP contribution in [0.4, 0.5) is 0 Å². The third-order valence-electron chi connectivity index (χ3n) is 3.97. The summed E-state index contributed by atoms with van der Waals surface area (Å²) in [6.07, 6.45) is 2.58. The molecule has 14 heavy (non-hydrogen) atoms. The van der Waals surface area contributed by atoms with Crippen LogP contribution in [0.1, 0.15) is 40.5 Å². The number of nitrogens with zero attached hydrogens (tertiary/aromatic N) is 1. The van der Waals surface area contributed by atoms with Gasteiger partial charge in [0.1, 0.15) is 0 Å². The Bertz CT molecular complexity index is 187. The van der Waals surface area contributed by atoms with E-state index in [9.17, 15) is 0 Å². The van der Waals surface area contributed by atoms with Gasteiger partial charge in [-0.3, -0.25) is 0 Å². The van der Waals surface area contributed by atoms with Crippen LogP contribution in [0.15, 0.2) is 0 Å². The lowest BCUT2D eigenvalue weighted by Crippen LogP contribution is -2.42. The van der Waals surface area contributed by atoms with Gasteiger partial charge in [0.15, 0.2) is 0 Å². The van der Waals surface area contributed by atoms with Crippen molar-refractivity contribution in [1.29, 1.82) is 0 Å². The molecule has 0 radical (unpaired) electrons. The fourth-order valence-electron chi connectivity index (χ4n) is 2.33. The first-order valence-electron chi connectivity index (χ1n) is 5.80. The molecule has 0 aliphatic heterocycles. The Kier molecular flexibility index (Phi) is 3.59. The van der Waals surface area contributed by atoms with Crippen LogP contribution in [0.25, 0.3) is 0 Å². The number of hydrogen-bond donors (Lipinski definition) is 1. The maximum atomic E-state index is 6.28. The predicted octanol–water partition coefficient (Wildman–Crippen LogP) is 2.09. The van der Waals surface area contributed by atoms with E-state index < -0.39 is 0 Å². The second kappa shape index (κ2) is 4.19. The van der Waals surface area contributed by atoms with Crippen LogP contribution in [-0.2, 0) is 0 Å². The average molecular weight is 198 g/mol. The maximum Gasteiger partial charge on any atom is 0.0131 e. The Morgan fingerprint density at radius 3 is 2.36 bits per heavy atom. The van der Waals surface area contributed by atoms with Gasteiger partial charge in [-0.1, -0.05) is 13.8 Å². The highest BCUT2D eigenvalue weighted by molar-refractivity contribution is 4.95. The zero-order chi connectivity index (χ0) is 10.9. The molecule has 2 atom stereocenters. The summed E-state index contributed by atoms with van der Waals surface area (Å²) < 4.78 is 0. The molecule has 1 aliphatic carbocycles. The molecule has 1 saturated carbocycles. The molecule has 2 unspecified atom stereocenters. The molecule has 0 bridgehead atoms. The van der Waals surface area contributed by atoms with Crippen molar-refractivity contribution in [3.63, 3.8) is 0 Å². The van der Waals surface area contributed by atoms with E-state index in [4.69, 9.17) is 5.73 Å². The number of rotatable bonds is 3. The molecule has 1 rings (SSSR count). The SMILES string of the molecule is CC(C)N(C)CC1CCC(C)(C)C1N. The van der Waals surface area contributed by atoms with Crippen molar-refractivity contribution < 1.29 is 0 Å². The third kappa shape index (κ3) is 2.48. The highest BCUT2D eigenvalue weighted by Gasteiger charge is 2.39. The molecule has 84 valence electrons. The maximum absolute atomic E-state index is 6.28. The van der Waals surface area contributed by atoms with Crippen molar-refractivity contribution in [3.8, 4) is 0 Å². The first kappa shape index (κ1) is 12.0. The summed E-state index contributed by atoms with van der Waals surface area (Å²) in [5, 5.41) is 0. The fourth-order valence-corrected chi connectivity index (χ4v) is 2.33. The lowest BCUT2D eigenvalue weighted by molar-refractivity contribution is 0.204. The van der Waals surface area contributed by atoms with Crippen LogP contribution in [0, 0.1) is 11.3 Å². The second-order valence-corrected chi connectivity index (χ2v) is 5.85. The van der Waals surface area contributed by atoms with E-state index >= 15 is 0 Å². The first-order chi connectivity index (χ1) is 6.34. The van der Waals surface area contributed by atoms with Gasteiger partial charge in [0, 0.05) is 18.6 Å². The molecule has 0 aromatic carbocycles. The van der Waals surface area contributed by atoms with Crippen molar-refractivity contribution in [2.24, 2.45) is 17.1 Å². The molecule has 0 spiro atoms. The van der Waals surface area contributed by atoms with Crippen molar-refractivity contribution in [3.05, 3.63) is 0 Å². The van der Waals surface area contributed by atoms with E-state index in [0.717, 1.165) is 6.54 Å².